The number of rotatable bonds is 6. The Kier molecular flexibility index (Phi) is 5.00. The molecule has 2 rings (SSSR count). The summed E-state index contributed by atoms with van der Waals surface area (Å²) in [6, 6.07) is 0. The molecule has 1 N–H and O–H groups in total. The highest BCUT2D eigenvalue weighted by Crippen LogP contribution is 2.27. The Bertz CT molecular complexity index is 408. The standard InChI is InChI=1S/C15H24N2O2/c1-12(15(18)19)14-10-17(11-16-14)9-5-8-13-6-3-2-4-7-13/h10-13H,2-9H2,1H3,(H,18,19). The molecule has 0 spiro atoms. The lowest BCUT2D eigenvalue weighted by molar-refractivity contribution is -0.138. The zero-order valence-corrected chi connectivity index (χ0v) is 11.7. The minimum atomic E-state index is -0.813. The molecule has 1 aromatic rings. The van der Waals surface area contributed by atoms with E-state index >= 15 is 0 Å². The van der Waals surface area contributed by atoms with Crippen molar-refractivity contribution in [1.29, 1.82) is 0 Å². The quantitative estimate of drug-likeness (QED) is 0.856. The molecule has 0 aromatic carbocycles. The van der Waals surface area contributed by atoms with E-state index in [-0.39, 0.29) is 0 Å². The van der Waals surface area contributed by atoms with Gasteiger partial charge in [-0.25, -0.2) is 4.98 Å². The van der Waals surface area contributed by atoms with Gasteiger partial charge in [0.1, 0.15) is 0 Å². The summed E-state index contributed by atoms with van der Waals surface area (Å²) in [4.78, 5) is 15.1. The third-order valence-electron chi connectivity index (χ3n) is 4.22. The molecule has 0 amide bonds. The number of hydrogen-bond acceptors (Lipinski definition) is 2. The minimum absolute atomic E-state index is 0.514. The van der Waals surface area contributed by atoms with E-state index in [1.54, 1.807) is 13.3 Å². The van der Waals surface area contributed by atoms with E-state index in [2.05, 4.69) is 4.98 Å². The van der Waals surface area contributed by atoms with Crippen LogP contribution in [-0.4, -0.2) is 20.6 Å². The van der Waals surface area contributed by atoms with Gasteiger partial charge in [0.15, 0.2) is 0 Å². The minimum Gasteiger partial charge on any atom is -0.481 e. The first-order chi connectivity index (χ1) is 9.16. The average molecular weight is 264 g/mol. The van der Waals surface area contributed by atoms with Crippen LogP contribution in [0.3, 0.4) is 0 Å². The molecular formula is C15H24N2O2. The average Bonchev–Trinajstić information content (AvgIpc) is 2.88. The summed E-state index contributed by atoms with van der Waals surface area (Å²) in [5, 5.41) is 8.94. The fourth-order valence-corrected chi connectivity index (χ4v) is 2.89. The normalized spacial score (nSPS) is 18.4. The molecule has 0 radical (unpaired) electrons. The number of aliphatic carboxylic acids is 1. The summed E-state index contributed by atoms with van der Waals surface area (Å²) in [6.07, 6.45) is 13.1. The van der Waals surface area contributed by atoms with Crippen molar-refractivity contribution in [1.82, 2.24) is 9.55 Å². The van der Waals surface area contributed by atoms with Crippen molar-refractivity contribution >= 4 is 5.97 Å². The largest absolute Gasteiger partial charge is 0.481 e. The van der Waals surface area contributed by atoms with Gasteiger partial charge in [0.05, 0.1) is 17.9 Å². The van der Waals surface area contributed by atoms with E-state index in [0.29, 0.717) is 5.69 Å². The molecule has 0 aliphatic heterocycles. The SMILES string of the molecule is CC(C(=O)O)c1cn(CCCC2CCCCC2)cn1. The van der Waals surface area contributed by atoms with Crippen molar-refractivity contribution in [3.05, 3.63) is 18.2 Å². The number of imidazole rings is 1. The monoisotopic (exact) mass is 264 g/mol. The van der Waals surface area contributed by atoms with Crippen LogP contribution in [0.15, 0.2) is 12.5 Å². The molecule has 1 atom stereocenters. The van der Waals surface area contributed by atoms with E-state index < -0.39 is 11.9 Å². The Labute approximate surface area is 114 Å². The lowest BCUT2D eigenvalue weighted by atomic mass is 9.86. The predicted molar refractivity (Wildman–Crippen MR) is 74.1 cm³/mol. The molecule has 1 unspecified atom stereocenters. The van der Waals surface area contributed by atoms with Gasteiger partial charge in [-0.15, -0.1) is 0 Å². The van der Waals surface area contributed by atoms with Crippen molar-refractivity contribution in [3.8, 4) is 0 Å². The number of hydrogen-bond donors (Lipinski definition) is 1. The maximum atomic E-state index is 10.9. The summed E-state index contributed by atoms with van der Waals surface area (Å²) in [7, 11) is 0. The highest BCUT2D eigenvalue weighted by molar-refractivity contribution is 5.74. The van der Waals surface area contributed by atoms with Gasteiger partial charge < -0.3 is 9.67 Å². The second-order valence-electron chi connectivity index (χ2n) is 5.74. The highest BCUT2D eigenvalue weighted by Gasteiger charge is 2.16. The molecule has 1 aromatic heterocycles. The molecule has 0 bridgehead atoms. The van der Waals surface area contributed by atoms with Gasteiger partial charge >= 0.3 is 5.97 Å². The van der Waals surface area contributed by atoms with Gasteiger partial charge in [-0.05, 0) is 25.7 Å². The zero-order chi connectivity index (χ0) is 13.7. The first-order valence-corrected chi connectivity index (χ1v) is 7.41. The molecule has 0 saturated heterocycles. The fraction of sp³-hybridized carbons (Fsp3) is 0.733. The Balaban J connectivity index is 1.75. The predicted octanol–water partition coefficient (Wildman–Crippen LogP) is 3.43. The van der Waals surface area contributed by atoms with Gasteiger partial charge in [0.2, 0.25) is 0 Å². The Morgan fingerprint density at radius 2 is 2.21 bits per heavy atom. The molecule has 4 nitrogen and oxygen atoms in total. The van der Waals surface area contributed by atoms with Gasteiger partial charge in [-0.3, -0.25) is 4.79 Å². The van der Waals surface area contributed by atoms with Crippen LogP contribution in [0, 0.1) is 5.92 Å². The van der Waals surface area contributed by atoms with Gasteiger partial charge in [0, 0.05) is 12.7 Å². The van der Waals surface area contributed by atoms with E-state index in [0.717, 1.165) is 12.5 Å². The van der Waals surface area contributed by atoms with Crippen LogP contribution in [-0.2, 0) is 11.3 Å². The highest BCUT2D eigenvalue weighted by atomic mass is 16.4. The van der Waals surface area contributed by atoms with Gasteiger partial charge in [0.25, 0.3) is 0 Å². The van der Waals surface area contributed by atoms with Crippen LogP contribution < -0.4 is 0 Å². The summed E-state index contributed by atoms with van der Waals surface area (Å²) < 4.78 is 2.03. The summed E-state index contributed by atoms with van der Waals surface area (Å²) in [6.45, 7) is 2.63. The van der Waals surface area contributed by atoms with Gasteiger partial charge in [-0.2, -0.15) is 0 Å². The van der Waals surface area contributed by atoms with Crippen LogP contribution in [0.5, 0.6) is 0 Å². The lowest BCUT2D eigenvalue weighted by Gasteiger charge is -2.21. The number of carboxylic acids is 1. The molecule has 19 heavy (non-hydrogen) atoms. The summed E-state index contributed by atoms with van der Waals surface area (Å²) in [5.41, 5.74) is 0.658. The molecule has 1 heterocycles. The number of carbonyl (C=O) groups is 1. The number of nitrogens with zero attached hydrogens (tertiary/aromatic N) is 2. The molecule has 106 valence electrons. The number of carboxylic acid groups (broad SMARTS) is 1. The second kappa shape index (κ2) is 6.73. The van der Waals surface area contributed by atoms with Gasteiger partial charge in [-0.1, -0.05) is 32.1 Å². The first-order valence-electron chi connectivity index (χ1n) is 7.41. The second-order valence-corrected chi connectivity index (χ2v) is 5.74. The number of aromatic nitrogens is 2. The molecule has 1 fully saturated rings. The molecule has 1 aliphatic carbocycles. The molecular weight excluding hydrogens is 240 g/mol. The summed E-state index contributed by atoms with van der Waals surface area (Å²) in [5.74, 6) is -0.415. The van der Waals surface area contributed by atoms with Crippen molar-refractivity contribution in [2.75, 3.05) is 0 Å². The molecule has 1 aliphatic rings. The van der Waals surface area contributed by atoms with E-state index in [4.69, 9.17) is 5.11 Å². The number of aryl methyl sites for hydroxylation is 1. The van der Waals surface area contributed by atoms with Crippen molar-refractivity contribution in [2.45, 2.75) is 64.3 Å². The fourth-order valence-electron chi connectivity index (χ4n) is 2.89. The smallest absolute Gasteiger partial charge is 0.312 e. The lowest BCUT2D eigenvalue weighted by Crippen LogP contribution is -2.08. The molecule has 4 heteroatoms. The van der Waals surface area contributed by atoms with E-state index in [1.165, 1.54) is 44.9 Å². The Morgan fingerprint density at radius 1 is 1.47 bits per heavy atom. The van der Waals surface area contributed by atoms with Crippen LogP contribution in [0.25, 0.3) is 0 Å². The van der Waals surface area contributed by atoms with Crippen LogP contribution in [0.4, 0.5) is 0 Å². The van der Waals surface area contributed by atoms with Crippen LogP contribution in [0.1, 0.15) is 63.5 Å². The van der Waals surface area contributed by atoms with Crippen molar-refractivity contribution < 1.29 is 9.90 Å². The van der Waals surface area contributed by atoms with E-state index in [1.807, 2.05) is 10.8 Å². The zero-order valence-electron chi connectivity index (χ0n) is 11.7. The first kappa shape index (κ1) is 14.1. The third-order valence-corrected chi connectivity index (χ3v) is 4.22. The Hall–Kier alpha value is -1.32. The third kappa shape index (κ3) is 4.08. The maximum absolute atomic E-state index is 10.9. The molecule has 1 saturated carbocycles. The van der Waals surface area contributed by atoms with E-state index in [9.17, 15) is 4.79 Å². The maximum Gasteiger partial charge on any atom is 0.312 e. The van der Waals surface area contributed by atoms with Crippen LogP contribution in [0.2, 0.25) is 0 Å². The Morgan fingerprint density at radius 3 is 2.89 bits per heavy atom. The van der Waals surface area contributed by atoms with Crippen molar-refractivity contribution in [3.63, 3.8) is 0 Å². The topological polar surface area (TPSA) is 55.1 Å². The van der Waals surface area contributed by atoms with Crippen LogP contribution >= 0.6 is 0 Å². The summed E-state index contributed by atoms with van der Waals surface area (Å²) >= 11 is 0. The van der Waals surface area contributed by atoms with Crippen molar-refractivity contribution in [2.24, 2.45) is 5.92 Å².